The number of hydrogen-bond acceptors (Lipinski definition) is 6. The number of nitrogens with zero attached hydrogens (tertiary/aromatic N) is 2. The second kappa shape index (κ2) is 6.49. The van der Waals surface area contributed by atoms with Crippen LogP contribution in [0.4, 0.5) is 5.95 Å². The van der Waals surface area contributed by atoms with E-state index < -0.39 is 0 Å². The zero-order valence-electron chi connectivity index (χ0n) is 12.0. The smallest absolute Gasteiger partial charge is 0.225 e. The summed E-state index contributed by atoms with van der Waals surface area (Å²) in [5, 5.41) is 5.37. The maximum absolute atomic E-state index is 5.39. The molecule has 0 saturated heterocycles. The van der Waals surface area contributed by atoms with Crippen molar-refractivity contribution in [3.8, 4) is 0 Å². The third-order valence-corrected chi connectivity index (χ3v) is 5.21. The minimum absolute atomic E-state index is 0.705. The molecule has 0 aliphatic rings. The van der Waals surface area contributed by atoms with Crippen LogP contribution in [0, 0.1) is 0 Å². The number of aryl methyl sites for hydroxylation is 1. The van der Waals surface area contributed by atoms with Gasteiger partial charge in [-0.3, -0.25) is 0 Å². The number of rotatable bonds is 6. The van der Waals surface area contributed by atoms with Gasteiger partial charge in [-0.25, -0.2) is 9.97 Å². The highest BCUT2D eigenvalue weighted by Crippen LogP contribution is 2.34. The summed E-state index contributed by atoms with van der Waals surface area (Å²) in [6.45, 7) is 5.04. The number of aromatic nitrogens is 2. The minimum Gasteiger partial charge on any atom is -0.468 e. The van der Waals surface area contributed by atoms with E-state index in [0.717, 1.165) is 39.7 Å². The van der Waals surface area contributed by atoms with E-state index in [4.69, 9.17) is 4.42 Å². The third kappa shape index (κ3) is 3.22. The van der Waals surface area contributed by atoms with Crippen molar-refractivity contribution < 1.29 is 4.42 Å². The Hall–Kier alpha value is -1.53. The first-order valence-electron chi connectivity index (χ1n) is 6.99. The molecular weight excluding hydrogens is 302 g/mol. The lowest BCUT2D eigenvalue weighted by Crippen LogP contribution is -2.02. The zero-order chi connectivity index (χ0) is 14.7. The summed E-state index contributed by atoms with van der Waals surface area (Å²) in [5.41, 5.74) is 0. The fraction of sp³-hybridized carbons (Fsp3) is 0.333. The van der Waals surface area contributed by atoms with Crippen LogP contribution in [0.3, 0.4) is 0 Å². The highest BCUT2D eigenvalue weighted by Gasteiger charge is 2.12. The molecule has 4 nitrogen and oxygen atoms in total. The predicted molar refractivity (Wildman–Crippen MR) is 89.2 cm³/mol. The van der Waals surface area contributed by atoms with Gasteiger partial charge < -0.3 is 9.73 Å². The van der Waals surface area contributed by atoms with Gasteiger partial charge in [-0.15, -0.1) is 11.3 Å². The standard InChI is InChI=1S/C15H17N3OS2/c1-3-11-8-12-13(20-9-10-6-5-7-19-10)17-15(16-4-2)18-14(12)21-11/h5-8H,3-4,9H2,1-2H3,(H,16,17,18). The van der Waals surface area contributed by atoms with Gasteiger partial charge in [-0.05, 0) is 31.5 Å². The fourth-order valence-corrected chi connectivity index (χ4v) is 3.94. The molecule has 110 valence electrons. The summed E-state index contributed by atoms with van der Waals surface area (Å²) < 4.78 is 5.39. The van der Waals surface area contributed by atoms with Crippen molar-refractivity contribution in [1.82, 2.24) is 9.97 Å². The number of anilines is 1. The minimum atomic E-state index is 0.705. The second-order valence-electron chi connectivity index (χ2n) is 4.54. The summed E-state index contributed by atoms with van der Waals surface area (Å²) in [4.78, 5) is 11.6. The van der Waals surface area contributed by atoms with Gasteiger partial charge in [0.05, 0.1) is 12.0 Å². The molecule has 0 bridgehead atoms. The van der Waals surface area contributed by atoms with Crippen molar-refractivity contribution >= 4 is 39.3 Å². The normalized spacial score (nSPS) is 11.1. The van der Waals surface area contributed by atoms with Crippen LogP contribution in [0.5, 0.6) is 0 Å². The van der Waals surface area contributed by atoms with Crippen LogP contribution in [0.1, 0.15) is 24.5 Å². The number of furan rings is 1. The molecule has 0 spiro atoms. The summed E-state index contributed by atoms with van der Waals surface area (Å²) in [7, 11) is 0. The number of nitrogens with one attached hydrogen (secondary N) is 1. The van der Waals surface area contributed by atoms with Gasteiger partial charge in [-0.2, -0.15) is 0 Å². The predicted octanol–water partition coefficient (Wildman–Crippen LogP) is 4.57. The second-order valence-corrected chi connectivity index (χ2v) is 6.62. The first kappa shape index (κ1) is 14.4. The highest BCUT2D eigenvalue weighted by molar-refractivity contribution is 7.98. The molecular formula is C15H17N3OS2. The van der Waals surface area contributed by atoms with Crippen LogP contribution >= 0.6 is 23.1 Å². The molecule has 0 aliphatic heterocycles. The molecule has 3 aromatic heterocycles. The molecule has 0 unspecified atom stereocenters. The van der Waals surface area contributed by atoms with Crippen molar-refractivity contribution in [3.63, 3.8) is 0 Å². The van der Waals surface area contributed by atoms with E-state index in [2.05, 4.69) is 35.2 Å². The Morgan fingerprint density at radius 1 is 1.33 bits per heavy atom. The van der Waals surface area contributed by atoms with Crippen LogP contribution in [-0.2, 0) is 12.2 Å². The molecule has 21 heavy (non-hydrogen) atoms. The lowest BCUT2D eigenvalue weighted by atomic mass is 10.3. The van der Waals surface area contributed by atoms with E-state index in [1.807, 2.05) is 12.1 Å². The van der Waals surface area contributed by atoms with Crippen LogP contribution in [-0.4, -0.2) is 16.5 Å². The molecule has 0 fully saturated rings. The number of thioether (sulfide) groups is 1. The molecule has 0 atom stereocenters. The average Bonchev–Trinajstić information content (AvgIpc) is 3.14. The monoisotopic (exact) mass is 319 g/mol. The van der Waals surface area contributed by atoms with Crippen molar-refractivity contribution in [2.24, 2.45) is 0 Å². The Bertz CT molecular complexity index is 722. The van der Waals surface area contributed by atoms with Crippen LogP contribution in [0.25, 0.3) is 10.2 Å². The highest BCUT2D eigenvalue weighted by atomic mass is 32.2. The maximum atomic E-state index is 5.39. The topological polar surface area (TPSA) is 51.0 Å². The van der Waals surface area contributed by atoms with Gasteiger partial charge in [0.15, 0.2) is 0 Å². The Morgan fingerprint density at radius 2 is 2.24 bits per heavy atom. The Balaban J connectivity index is 1.94. The number of fused-ring (bicyclic) bond motifs is 1. The third-order valence-electron chi connectivity index (χ3n) is 3.02. The lowest BCUT2D eigenvalue weighted by molar-refractivity contribution is 0.530. The van der Waals surface area contributed by atoms with Crippen LogP contribution in [0.2, 0.25) is 0 Å². The van der Waals surface area contributed by atoms with Gasteiger partial charge in [-0.1, -0.05) is 18.7 Å². The van der Waals surface area contributed by atoms with E-state index >= 15 is 0 Å². The fourth-order valence-electron chi connectivity index (χ4n) is 2.00. The molecule has 1 N–H and O–H groups in total. The largest absolute Gasteiger partial charge is 0.468 e. The van der Waals surface area contributed by atoms with E-state index in [1.54, 1.807) is 29.4 Å². The van der Waals surface area contributed by atoms with Gasteiger partial charge in [0.25, 0.3) is 0 Å². The van der Waals surface area contributed by atoms with Gasteiger partial charge >= 0.3 is 0 Å². The molecule has 3 rings (SSSR count). The Kier molecular flexibility index (Phi) is 4.45. The van der Waals surface area contributed by atoms with Crippen molar-refractivity contribution in [1.29, 1.82) is 0 Å². The SMILES string of the molecule is CCNc1nc(SCc2ccco2)c2cc(CC)sc2n1. The summed E-state index contributed by atoms with van der Waals surface area (Å²) in [6.07, 6.45) is 2.73. The van der Waals surface area contributed by atoms with E-state index in [-0.39, 0.29) is 0 Å². The maximum Gasteiger partial charge on any atom is 0.225 e. The van der Waals surface area contributed by atoms with Gasteiger partial charge in [0.1, 0.15) is 15.6 Å². The van der Waals surface area contributed by atoms with Gasteiger partial charge in [0.2, 0.25) is 5.95 Å². The molecule has 3 heterocycles. The molecule has 0 radical (unpaired) electrons. The number of hydrogen-bond donors (Lipinski definition) is 1. The first-order valence-corrected chi connectivity index (χ1v) is 8.79. The summed E-state index contributed by atoms with van der Waals surface area (Å²) in [5.74, 6) is 2.45. The van der Waals surface area contributed by atoms with E-state index in [9.17, 15) is 0 Å². The Labute approximate surface area is 132 Å². The van der Waals surface area contributed by atoms with Crippen LogP contribution < -0.4 is 5.32 Å². The van der Waals surface area contributed by atoms with Gasteiger partial charge in [0, 0.05) is 16.8 Å². The van der Waals surface area contributed by atoms with E-state index in [1.165, 1.54) is 4.88 Å². The quantitative estimate of drug-likeness (QED) is 0.533. The molecule has 0 saturated carbocycles. The molecule has 3 aromatic rings. The zero-order valence-corrected chi connectivity index (χ0v) is 13.7. The molecule has 0 amide bonds. The summed E-state index contributed by atoms with van der Waals surface area (Å²) >= 11 is 3.44. The molecule has 0 aromatic carbocycles. The Morgan fingerprint density at radius 3 is 2.95 bits per heavy atom. The van der Waals surface area contributed by atoms with Crippen LogP contribution in [0.15, 0.2) is 33.9 Å². The number of thiophene rings is 1. The van der Waals surface area contributed by atoms with Crippen molar-refractivity contribution in [2.75, 3.05) is 11.9 Å². The first-order chi connectivity index (χ1) is 10.3. The van der Waals surface area contributed by atoms with Crippen molar-refractivity contribution in [3.05, 3.63) is 35.1 Å². The van der Waals surface area contributed by atoms with Crippen molar-refractivity contribution in [2.45, 2.75) is 31.0 Å². The average molecular weight is 319 g/mol. The van der Waals surface area contributed by atoms with E-state index in [0.29, 0.717) is 5.95 Å². The summed E-state index contributed by atoms with van der Waals surface area (Å²) in [6, 6.07) is 6.11. The molecule has 0 aliphatic carbocycles. The lowest BCUT2D eigenvalue weighted by Gasteiger charge is -2.05. The molecule has 6 heteroatoms.